The molecule has 0 aliphatic rings. The number of rotatable bonds is 0. The zero-order valence-corrected chi connectivity index (χ0v) is 50.2. The summed E-state index contributed by atoms with van der Waals surface area (Å²) in [5.74, 6) is 2.14. The van der Waals surface area contributed by atoms with Crippen LogP contribution >= 0.6 is 11.6 Å². The lowest BCUT2D eigenvalue weighted by Gasteiger charge is -2.19. The van der Waals surface area contributed by atoms with Crippen molar-refractivity contribution in [2.75, 3.05) is 17.2 Å². The Bertz CT molecular complexity index is 3380. The SMILES string of the molecule is CC(C)(C)c1nccc2[nH]cnc12.CC(C)(C)c1nccc2occc12.CC(C)(C)c1ncnc(N)c1C#N.CC(C)(C)c1ncnc2n[nH]nc12.Cc1nc(N)c(C#N)c(C(C)(C)C)n1.Cc1nc(N)c(Cl)c(C(C)(C)C)n1. The van der Waals surface area contributed by atoms with E-state index in [0.717, 1.165) is 50.3 Å². The summed E-state index contributed by atoms with van der Waals surface area (Å²) in [6.45, 7) is 40.8. The number of halogens is 1. The van der Waals surface area contributed by atoms with Gasteiger partial charge in [-0.1, -0.05) is 136 Å². The Hall–Kier alpha value is -8.30. The number of nitrogen functional groups attached to an aromatic ring is 3. The van der Waals surface area contributed by atoms with Gasteiger partial charge in [0.1, 0.15) is 81.1 Å². The first-order chi connectivity index (χ1) is 36.4. The summed E-state index contributed by atoms with van der Waals surface area (Å²) in [6, 6.07) is 9.88. The van der Waals surface area contributed by atoms with Gasteiger partial charge in [-0.25, -0.2) is 44.9 Å². The van der Waals surface area contributed by atoms with Crippen molar-refractivity contribution < 1.29 is 4.42 Å². The number of H-pyrrole nitrogens is 2. The number of anilines is 3. The topological polar surface area (TPSA) is 338 Å². The van der Waals surface area contributed by atoms with Crippen LogP contribution in [0, 0.1) is 36.5 Å². The van der Waals surface area contributed by atoms with Crippen molar-refractivity contribution >= 4 is 62.2 Å². The number of nitriles is 2. The van der Waals surface area contributed by atoms with Crippen LogP contribution in [0.4, 0.5) is 17.5 Å². The molecule has 9 rings (SSSR count). The third-order valence-electron chi connectivity index (χ3n) is 11.2. The maximum atomic E-state index is 8.94. The summed E-state index contributed by atoms with van der Waals surface area (Å²) in [6.07, 6.45) is 9.94. The number of furan rings is 1. The van der Waals surface area contributed by atoms with Crippen molar-refractivity contribution in [3.8, 4) is 12.1 Å². The molecule has 0 aliphatic carbocycles. The zero-order valence-electron chi connectivity index (χ0n) is 49.4. The average Bonchev–Trinajstić information content (AvgIpc) is 4.13. The number of nitrogens with zero attached hydrogens (tertiary/aromatic N) is 15. The Balaban J connectivity index is 0.000000204. The Labute approximate surface area is 468 Å². The van der Waals surface area contributed by atoms with Crippen molar-refractivity contribution in [3.63, 3.8) is 0 Å². The van der Waals surface area contributed by atoms with Crippen LogP contribution in [0.25, 0.3) is 33.2 Å². The molecule has 0 atom stereocenters. The van der Waals surface area contributed by atoms with E-state index in [1.165, 1.54) is 12.7 Å². The predicted octanol–water partition coefficient (Wildman–Crippen LogP) is 11.5. The van der Waals surface area contributed by atoms with Gasteiger partial charge in [0.15, 0.2) is 5.52 Å². The lowest BCUT2D eigenvalue weighted by molar-refractivity contribution is 0.563. The predicted molar refractivity (Wildman–Crippen MR) is 313 cm³/mol. The lowest BCUT2D eigenvalue weighted by Crippen LogP contribution is -2.18. The highest BCUT2D eigenvalue weighted by Crippen LogP contribution is 2.32. The van der Waals surface area contributed by atoms with E-state index in [1.54, 1.807) is 25.7 Å². The smallest absolute Gasteiger partial charge is 0.204 e. The van der Waals surface area contributed by atoms with Crippen molar-refractivity contribution in [3.05, 3.63) is 118 Å². The van der Waals surface area contributed by atoms with E-state index >= 15 is 0 Å². The van der Waals surface area contributed by atoms with Gasteiger partial charge >= 0.3 is 0 Å². The molecule has 8 N–H and O–H groups in total. The molecule has 9 aromatic rings. The Morgan fingerprint density at radius 3 is 1.52 bits per heavy atom. The number of nitrogens with two attached hydrogens (primary N) is 3. The van der Waals surface area contributed by atoms with E-state index in [1.807, 2.05) is 106 Å². The molecule has 0 radical (unpaired) electrons. The van der Waals surface area contributed by atoms with E-state index in [-0.39, 0.29) is 44.1 Å². The molecular weight excluding hydrogens is 1020 g/mol. The number of nitrogens with one attached hydrogen (secondary N) is 2. The van der Waals surface area contributed by atoms with E-state index in [2.05, 4.69) is 138 Å². The minimum atomic E-state index is -0.188. The molecule has 0 fully saturated rings. The standard InChI is InChI=1S/C11H13NO.C10H14N4.C10H13N3.C9H14ClN3.C9H12N4.C8H11N5/c1-11(2,3)10-8-5-7-13-9(8)4-6-12-10;1-6-13-8(10(2,3)4)7(5-11)9(12)14-6;1-10(2,3)9-8-7(4-5-11-9)12-6-13-8;1-5-12-7(9(2,3)4)6(10)8(11)13-5;1-9(2,3)7-6(4-10)8(11)13-5-12-7;1-8(2,3)6-5-7(10-4-9-6)12-13-11-5/h4-7H,1-3H3;1-4H3,(H2,12,13,14);4-6H,1-3H3,(H,12,13);1-4H3,(H2,11,12,13);5H,1-3H3,(H2,11,12,13);4H,1-3H3,(H,9,10,11,12,13). The van der Waals surface area contributed by atoms with Crippen LogP contribution in [0.1, 0.15) is 182 Å². The molecule has 9 heterocycles. The minimum absolute atomic E-state index is 0.0297. The summed E-state index contributed by atoms with van der Waals surface area (Å²) >= 11 is 6.00. The molecule has 0 spiro atoms. The average molecular weight is 1090 g/mol. The molecule has 9 aromatic heterocycles. The molecule has 0 amide bonds. The summed E-state index contributed by atoms with van der Waals surface area (Å²) in [4.78, 5) is 48.6. The van der Waals surface area contributed by atoms with Gasteiger partial charge in [-0.05, 0) is 32.0 Å². The third kappa shape index (κ3) is 16.8. The number of pyridine rings is 2. The first-order valence-electron chi connectivity index (χ1n) is 25.4. The number of hydrogen-bond acceptors (Lipinski definition) is 19. The Morgan fingerprint density at radius 2 is 0.975 bits per heavy atom. The maximum absolute atomic E-state index is 8.94. The Kier molecular flexibility index (Phi) is 20.0. The Morgan fingerprint density at radius 1 is 0.494 bits per heavy atom. The van der Waals surface area contributed by atoms with Crippen LogP contribution in [-0.2, 0) is 32.5 Å². The summed E-state index contributed by atoms with van der Waals surface area (Å²) < 4.78 is 5.31. The van der Waals surface area contributed by atoms with Crippen LogP contribution in [-0.4, -0.2) is 75.2 Å². The van der Waals surface area contributed by atoms with E-state index in [4.69, 9.17) is 43.7 Å². The number of imidazole rings is 1. The minimum Gasteiger partial charge on any atom is -0.464 e. The molecular formula is C57H77ClN20O. The van der Waals surface area contributed by atoms with Crippen LogP contribution < -0.4 is 17.2 Å². The molecule has 418 valence electrons. The number of aromatic nitrogens is 15. The highest BCUT2D eigenvalue weighted by Gasteiger charge is 2.26. The highest BCUT2D eigenvalue weighted by atomic mass is 35.5. The quantitative estimate of drug-likeness (QED) is 0.0941. The second-order valence-corrected chi connectivity index (χ2v) is 25.0. The number of aryl methyl sites for hydroxylation is 2. The fourth-order valence-corrected chi connectivity index (χ4v) is 7.90. The van der Waals surface area contributed by atoms with E-state index in [0.29, 0.717) is 50.7 Å². The summed E-state index contributed by atoms with van der Waals surface area (Å²) in [7, 11) is 0. The first-order valence-corrected chi connectivity index (χ1v) is 25.8. The van der Waals surface area contributed by atoms with Gasteiger partial charge in [0.05, 0.1) is 52.3 Å². The summed E-state index contributed by atoms with van der Waals surface area (Å²) in [5.41, 5.74) is 26.9. The molecule has 22 heteroatoms. The second kappa shape index (κ2) is 25.0. The zero-order chi connectivity index (χ0) is 59.6. The van der Waals surface area contributed by atoms with Crippen molar-refractivity contribution in [1.29, 1.82) is 10.5 Å². The summed E-state index contributed by atoms with van der Waals surface area (Å²) in [5, 5.41) is 29.9. The molecule has 0 aliphatic heterocycles. The van der Waals surface area contributed by atoms with E-state index < -0.39 is 0 Å². The number of aromatic amines is 2. The van der Waals surface area contributed by atoms with Gasteiger partial charge in [0.2, 0.25) is 5.65 Å². The fourth-order valence-electron chi connectivity index (χ4n) is 7.54. The normalized spacial score (nSPS) is 11.7. The monoisotopic (exact) mass is 1090 g/mol. The third-order valence-corrected chi connectivity index (χ3v) is 11.6. The van der Waals surface area contributed by atoms with Crippen LogP contribution in [0.5, 0.6) is 0 Å². The van der Waals surface area contributed by atoms with Gasteiger partial charge in [0.25, 0.3) is 0 Å². The second-order valence-electron chi connectivity index (χ2n) is 24.6. The van der Waals surface area contributed by atoms with Crippen LogP contribution in [0.3, 0.4) is 0 Å². The first kappa shape index (κ1) is 63.2. The van der Waals surface area contributed by atoms with Crippen molar-refractivity contribution in [2.45, 2.75) is 171 Å². The van der Waals surface area contributed by atoms with Gasteiger partial charge in [0, 0.05) is 50.3 Å². The molecule has 0 bridgehead atoms. The fraction of sp³-hybridized carbons (Fsp3) is 0.456. The van der Waals surface area contributed by atoms with Gasteiger partial charge in [-0.3, -0.25) is 9.97 Å². The van der Waals surface area contributed by atoms with Gasteiger partial charge < -0.3 is 26.6 Å². The van der Waals surface area contributed by atoms with Crippen molar-refractivity contribution in [2.24, 2.45) is 0 Å². The molecule has 0 saturated heterocycles. The van der Waals surface area contributed by atoms with Gasteiger partial charge in [-0.2, -0.15) is 20.8 Å². The van der Waals surface area contributed by atoms with Crippen LogP contribution in [0.2, 0.25) is 5.02 Å². The van der Waals surface area contributed by atoms with Crippen molar-refractivity contribution in [1.82, 2.24) is 75.2 Å². The van der Waals surface area contributed by atoms with Crippen LogP contribution in [0.15, 0.2) is 60.3 Å². The molecule has 0 aromatic carbocycles. The van der Waals surface area contributed by atoms with E-state index in [9.17, 15) is 0 Å². The van der Waals surface area contributed by atoms with Gasteiger partial charge in [-0.15, -0.1) is 5.10 Å². The molecule has 21 nitrogen and oxygen atoms in total. The largest absolute Gasteiger partial charge is 0.464 e. The lowest BCUT2D eigenvalue weighted by atomic mass is 9.89. The molecule has 0 saturated carbocycles. The number of hydrogen-bond donors (Lipinski definition) is 5. The maximum Gasteiger partial charge on any atom is 0.204 e. The molecule has 0 unspecified atom stereocenters. The number of fused-ring (bicyclic) bond motifs is 3. The highest BCUT2D eigenvalue weighted by molar-refractivity contribution is 6.33. The molecule has 79 heavy (non-hydrogen) atoms.